The first-order valence-corrected chi connectivity index (χ1v) is 7.00. The van der Waals surface area contributed by atoms with Gasteiger partial charge in [0.1, 0.15) is 5.75 Å². The molecule has 0 saturated heterocycles. The number of benzene rings is 1. The van der Waals surface area contributed by atoms with E-state index in [1.165, 1.54) is 5.56 Å². The third-order valence-electron chi connectivity index (χ3n) is 2.61. The van der Waals surface area contributed by atoms with E-state index < -0.39 is 0 Å². The van der Waals surface area contributed by atoms with Gasteiger partial charge in [-0.1, -0.05) is 26.8 Å². The van der Waals surface area contributed by atoms with Crippen molar-refractivity contribution in [3.63, 3.8) is 0 Å². The summed E-state index contributed by atoms with van der Waals surface area (Å²) in [5.74, 6) is 0.924. The van der Waals surface area contributed by atoms with E-state index in [9.17, 15) is 0 Å². The van der Waals surface area contributed by atoms with Gasteiger partial charge in [0.05, 0.1) is 10.6 Å². The quantitative estimate of drug-likeness (QED) is 0.853. The summed E-state index contributed by atoms with van der Waals surface area (Å²) in [5.41, 5.74) is 1.27. The maximum absolute atomic E-state index is 5.81. The zero-order chi connectivity index (χ0) is 12.8. The number of hydrogen-bond donors (Lipinski definition) is 1. The van der Waals surface area contributed by atoms with Crippen LogP contribution in [0.4, 0.5) is 0 Å². The minimum absolute atomic E-state index is 0.255. The number of nitrogens with one attached hydrogen (secondary N) is 1. The summed E-state index contributed by atoms with van der Waals surface area (Å²) in [5, 5.41) is 3.40. The van der Waals surface area contributed by atoms with Gasteiger partial charge >= 0.3 is 0 Å². The average Bonchev–Trinajstić information content (AvgIpc) is 2.29. The third kappa shape index (κ3) is 5.09. The van der Waals surface area contributed by atoms with Crippen molar-refractivity contribution in [2.75, 3.05) is 0 Å². The normalized spacial score (nSPS) is 12.8. The minimum atomic E-state index is 0.255. The molecule has 1 unspecified atom stereocenters. The Kier molecular flexibility index (Phi) is 6.00. The van der Waals surface area contributed by atoms with E-state index in [1.807, 2.05) is 6.07 Å². The van der Waals surface area contributed by atoms with Crippen LogP contribution < -0.4 is 10.1 Å². The molecule has 1 aromatic rings. The SMILES string of the molecule is CCC(C)Oc1ccc(CNC(C)C)cc1Br. The Hall–Kier alpha value is -0.540. The molecule has 0 aliphatic rings. The zero-order valence-electron chi connectivity index (χ0n) is 11.1. The molecule has 3 heteroatoms. The molecular weight excluding hydrogens is 278 g/mol. The van der Waals surface area contributed by atoms with Gasteiger partial charge in [-0.2, -0.15) is 0 Å². The van der Waals surface area contributed by atoms with Crippen LogP contribution in [0.25, 0.3) is 0 Å². The molecule has 1 N–H and O–H groups in total. The molecule has 0 saturated carbocycles. The molecule has 96 valence electrons. The average molecular weight is 300 g/mol. The minimum Gasteiger partial charge on any atom is -0.490 e. The van der Waals surface area contributed by atoms with Gasteiger partial charge in [0.25, 0.3) is 0 Å². The lowest BCUT2D eigenvalue weighted by molar-refractivity contribution is 0.216. The van der Waals surface area contributed by atoms with Gasteiger partial charge < -0.3 is 10.1 Å². The van der Waals surface area contributed by atoms with Crippen molar-refractivity contribution in [3.05, 3.63) is 28.2 Å². The largest absolute Gasteiger partial charge is 0.490 e. The van der Waals surface area contributed by atoms with Crippen molar-refractivity contribution in [1.82, 2.24) is 5.32 Å². The fourth-order valence-electron chi connectivity index (χ4n) is 1.37. The van der Waals surface area contributed by atoms with E-state index in [2.05, 4.69) is 61.1 Å². The molecule has 1 atom stereocenters. The highest BCUT2D eigenvalue weighted by Crippen LogP contribution is 2.27. The summed E-state index contributed by atoms with van der Waals surface area (Å²) in [7, 11) is 0. The van der Waals surface area contributed by atoms with Gasteiger partial charge in [-0.05, 0) is 47.0 Å². The van der Waals surface area contributed by atoms with Gasteiger partial charge in [-0.25, -0.2) is 0 Å². The molecule has 1 rings (SSSR count). The van der Waals surface area contributed by atoms with Crippen LogP contribution in [0.5, 0.6) is 5.75 Å². The van der Waals surface area contributed by atoms with E-state index in [1.54, 1.807) is 0 Å². The second kappa shape index (κ2) is 7.02. The topological polar surface area (TPSA) is 21.3 Å². The maximum atomic E-state index is 5.81. The van der Waals surface area contributed by atoms with Crippen LogP contribution >= 0.6 is 15.9 Å². The lowest BCUT2D eigenvalue weighted by atomic mass is 10.2. The fraction of sp³-hybridized carbons (Fsp3) is 0.571. The number of halogens is 1. The summed E-state index contributed by atoms with van der Waals surface area (Å²) in [6.07, 6.45) is 1.27. The van der Waals surface area contributed by atoms with E-state index >= 15 is 0 Å². The second-order valence-corrected chi connectivity index (χ2v) is 5.49. The second-order valence-electron chi connectivity index (χ2n) is 4.64. The summed E-state index contributed by atoms with van der Waals surface area (Å²) < 4.78 is 6.84. The highest BCUT2D eigenvalue weighted by Gasteiger charge is 2.06. The van der Waals surface area contributed by atoms with Gasteiger partial charge in [-0.3, -0.25) is 0 Å². The monoisotopic (exact) mass is 299 g/mol. The van der Waals surface area contributed by atoms with Gasteiger partial charge in [0.2, 0.25) is 0 Å². The summed E-state index contributed by atoms with van der Waals surface area (Å²) in [6.45, 7) is 9.39. The molecule has 0 aliphatic carbocycles. The molecule has 1 aromatic carbocycles. The van der Waals surface area contributed by atoms with Crippen LogP contribution in [-0.4, -0.2) is 12.1 Å². The Morgan fingerprint density at radius 3 is 2.53 bits per heavy atom. The smallest absolute Gasteiger partial charge is 0.133 e. The molecule has 0 heterocycles. The van der Waals surface area contributed by atoms with Gasteiger partial charge in [0, 0.05) is 12.6 Å². The Morgan fingerprint density at radius 1 is 1.29 bits per heavy atom. The molecule has 0 bridgehead atoms. The maximum Gasteiger partial charge on any atom is 0.133 e. The van der Waals surface area contributed by atoms with E-state index in [0.717, 1.165) is 23.2 Å². The fourth-order valence-corrected chi connectivity index (χ4v) is 1.89. The van der Waals surface area contributed by atoms with E-state index in [0.29, 0.717) is 6.04 Å². The van der Waals surface area contributed by atoms with Gasteiger partial charge in [0.15, 0.2) is 0 Å². The number of ether oxygens (including phenoxy) is 1. The van der Waals surface area contributed by atoms with Crippen LogP contribution in [-0.2, 0) is 6.54 Å². The molecule has 0 spiro atoms. The van der Waals surface area contributed by atoms with Crippen molar-refractivity contribution in [3.8, 4) is 5.75 Å². The number of rotatable bonds is 6. The van der Waals surface area contributed by atoms with Crippen LogP contribution in [0.2, 0.25) is 0 Å². The van der Waals surface area contributed by atoms with E-state index in [4.69, 9.17) is 4.74 Å². The van der Waals surface area contributed by atoms with Crippen LogP contribution in [0, 0.1) is 0 Å². The molecule has 17 heavy (non-hydrogen) atoms. The molecule has 0 aliphatic heterocycles. The van der Waals surface area contributed by atoms with Crippen LogP contribution in [0.1, 0.15) is 39.7 Å². The Labute approximate surface area is 113 Å². The Morgan fingerprint density at radius 2 is 2.00 bits per heavy atom. The van der Waals surface area contributed by atoms with Crippen molar-refractivity contribution in [2.45, 2.75) is 52.8 Å². The van der Waals surface area contributed by atoms with Crippen molar-refractivity contribution in [2.24, 2.45) is 0 Å². The zero-order valence-corrected chi connectivity index (χ0v) is 12.7. The third-order valence-corrected chi connectivity index (χ3v) is 3.23. The van der Waals surface area contributed by atoms with Crippen molar-refractivity contribution >= 4 is 15.9 Å². The molecular formula is C14H22BrNO. The number of hydrogen-bond acceptors (Lipinski definition) is 2. The highest BCUT2D eigenvalue weighted by molar-refractivity contribution is 9.10. The molecule has 0 radical (unpaired) electrons. The Balaban J connectivity index is 2.65. The molecule has 2 nitrogen and oxygen atoms in total. The van der Waals surface area contributed by atoms with Crippen LogP contribution in [0.15, 0.2) is 22.7 Å². The summed E-state index contributed by atoms with van der Waals surface area (Å²) >= 11 is 3.56. The summed E-state index contributed by atoms with van der Waals surface area (Å²) in [6, 6.07) is 6.77. The first-order chi connectivity index (χ1) is 8.02. The molecule has 0 amide bonds. The van der Waals surface area contributed by atoms with Crippen LogP contribution in [0.3, 0.4) is 0 Å². The molecule has 0 fully saturated rings. The highest BCUT2D eigenvalue weighted by atomic mass is 79.9. The van der Waals surface area contributed by atoms with Crippen molar-refractivity contribution in [1.29, 1.82) is 0 Å². The first-order valence-electron chi connectivity index (χ1n) is 6.21. The molecule has 0 aromatic heterocycles. The first kappa shape index (κ1) is 14.5. The predicted molar refractivity (Wildman–Crippen MR) is 76.5 cm³/mol. The standard InChI is InChI=1S/C14H22BrNO/c1-5-11(4)17-14-7-6-12(8-13(14)15)9-16-10(2)3/h6-8,10-11,16H,5,9H2,1-4H3. The lowest BCUT2D eigenvalue weighted by Gasteiger charge is -2.15. The van der Waals surface area contributed by atoms with E-state index in [-0.39, 0.29) is 6.10 Å². The Bertz CT molecular complexity index is 352. The van der Waals surface area contributed by atoms with Gasteiger partial charge in [-0.15, -0.1) is 0 Å². The van der Waals surface area contributed by atoms with Crippen molar-refractivity contribution < 1.29 is 4.74 Å². The summed E-state index contributed by atoms with van der Waals surface area (Å²) in [4.78, 5) is 0. The lowest BCUT2D eigenvalue weighted by Crippen LogP contribution is -2.21. The predicted octanol–water partition coefficient (Wildman–Crippen LogP) is 4.12.